The van der Waals surface area contributed by atoms with Gasteiger partial charge in [0.05, 0.1) is 17.0 Å². The van der Waals surface area contributed by atoms with Crippen LogP contribution < -0.4 is 5.56 Å². The molecule has 0 aliphatic rings. The van der Waals surface area contributed by atoms with Gasteiger partial charge in [0, 0.05) is 18.1 Å². The molecule has 0 amide bonds. The second kappa shape index (κ2) is 6.61. The Kier molecular flexibility index (Phi) is 4.49. The van der Waals surface area contributed by atoms with E-state index in [0.29, 0.717) is 29.1 Å². The van der Waals surface area contributed by atoms with Crippen molar-refractivity contribution >= 4 is 15.5 Å². The van der Waals surface area contributed by atoms with E-state index < -0.39 is 9.84 Å². The normalized spacial score (nSPS) is 11.3. The molecular weight excluding hydrogens is 352 g/mol. The number of aromatic amines is 1. The van der Waals surface area contributed by atoms with Crippen LogP contribution in [0.25, 0.3) is 21.8 Å². The maximum atomic E-state index is 12.9. The summed E-state index contributed by atoms with van der Waals surface area (Å²) in [4.78, 5) is 20.4. The number of nitrogens with zero attached hydrogens (tertiary/aromatic N) is 3. The average Bonchev–Trinajstić information content (AvgIpc) is 2.97. The van der Waals surface area contributed by atoms with Crippen molar-refractivity contribution in [3.63, 3.8) is 0 Å². The van der Waals surface area contributed by atoms with Gasteiger partial charge >= 0.3 is 0 Å². The molecule has 2 heterocycles. The van der Waals surface area contributed by atoms with Gasteiger partial charge in [0.2, 0.25) is 0 Å². The van der Waals surface area contributed by atoms with Gasteiger partial charge in [-0.25, -0.2) is 22.9 Å². The first kappa shape index (κ1) is 17.6. The zero-order chi connectivity index (χ0) is 18.9. The van der Waals surface area contributed by atoms with Crippen LogP contribution in [-0.2, 0) is 16.3 Å². The Bertz CT molecular complexity index is 1150. The van der Waals surface area contributed by atoms with E-state index >= 15 is 0 Å². The van der Waals surface area contributed by atoms with E-state index in [1.54, 1.807) is 24.3 Å². The summed E-state index contributed by atoms with van der Waals surface area (Å²) in [6, 6.07) is 9.71. The molecule has 0 fully saturated rings. The molecule has 3 rings (SSSR count). The quantitative estimate of drug-likeness (QED) is 0.717. The Labute approximate surface area is 150 Å². The molecule has 1 aromatic carbocycles. The van der Waals surface area contributed by atoms with Crippen LogP contribution in [0.15, 0.2) is 52.3 Å². The summed E-state index contributed by atoms with van der Waals surface area (Å²) in [6.45, 7) is 8.94. The standard InChI is InChI=1S/C18H16N4O3S/c1-4-15-17(12-5-7-13(19-2)8-6-12)18(23)22(21-15)16-10-9-14(11-20-16)26(3,24)25/h5-11,21H,4H2,1,3H3. The summed E-state index contributed by atoms with van der Waals surface area (Å²) < 4.78 is 24.4. The van der Waals surface area contributed by atoms with Crippen molar-refractivity contribution in [2.24, 2.45) is 0 Å². The highest BCUT2D eigenvalue weighted by Crippen LogP contribution is 2.23. The molecule has 0 aliphatic carbocycles. The van der Waals surface area contributed by atoms with Crippen LogP contribution in [0.5, 0.6) is 0 Å². The van der Waals surface area contributed by atoms with Gasteiger partial charge in [-0.05, 0) is 24.1 Å². The minimum absolute atomic E-state index is 0.0894. The first-order valence-electron chi connectivity index (χ1n) is 7.83. The maximum Gasteiger partial charge on any atom is 0.280 e. The van der Waals surface area contributed by atoms with Crippen LogP contribution in [0.4, 0.5) is 5.69 Å². The molecule has 0 aliphatic heterocycles. The molecule has 0 radical (unpaired) electrons. The summed E-state index contributed by atoms with van der Waals surface area (Å²) in [6.07, 6.45) is 2.93. The second-order valence-electron chi connectivity index (χ2n) is 5.74. The van der Waals surface area contributed by atoms with Crippen molar-refractivity contribution < 1.29 is 8.42 Å². The van der Waals surface area contributed by atoms with Crippen molar-refractivity contribution in [2.45, 2.75) is 18.2 Å². The molecule has 26 heavy (non-hydrogen) atoms. The van der Waals surface area contributed by atoms with Gasteiger partial charge in [0.25, 0.3) is 5.56 Å². The Balaban J connectivity index is 2.12. The zero-order valence-electron chi connectivity index (χ0n) is 14.2. The fourth-order valence-corrected chi connectivity index (χ4v) is 3.18. The van der Waals surface area contributed by atoms with E-state index in [1.165, 1.54) is 23.0 Å². The number of hydrogen-bond donors (Lipinski definition) is 1. The predicted octanol–water partition coefficient (Wildman–Crippen LogP) is 2.74. The van der Waals surface area contributed by atoms with E-state index in [9.17, 15) is 13.2 Å². The lowest BCUT2D eigenvalue weighted by Crippen LogP contribution is -2.17. The number of benzene rings is 1. The van der Waals surface area contributed by atoms with Gasteiger partial charge in [-0.3, -0.25) is 9.89 Å². The number of pyridine rings is 1. The van der Waals surface area contributed by atoms with Crippen molar-refractivity contribution in [3.05, 3.63) is 70.1 Å². The number of H-pyrrole nitrogens is 1. The molecule has 0 bridgehead atoms. The molecule has 8 heteroatoms. The highest BCUT2D eigenvalue weighted by atomic mass is 32.2. The number of aromatic nitrogens is 3. The van der Waals surface area contributed by atoms with E-state index in [-0.39, 0.29) is 10.5 Å². The lowest BCUT2D eigenvalue weighted by Gasteiger charge is -2.02. The minimum Gasteiger partial charge on any atom is -0.293 e. The first-order chi connectivity index (χ1) is 12.3. The maximum absolute atomic E-state index is 12.9. The Morgan fingerprint density at radius 3 is 2.38 bits per heavy atom. The van der Waals surface area contributed by atoms with E-state index in [2.05, 4.69) is 14.9 Å². The third-order valence-electron chi connectivity index (χ3n) is 3.98. The molecule has 3 aromatic rings. The van der Waals surface area contributed by atoms with Crippen LogP contribution in [0, 0.1) is 6.57 Å². The second-order valence-corrected chi connectivity index (χ2v) is 7.76. The van der Waals surface area contributed by atoms with E-state index in [1.807, 2.05) is 6.92 Å². The van der Waals surface area contributed by atoms with E-state index in [0.717, 1.165) is 11.9 Å². The average molecular weight is 368 g/mol. The van der Waals surface area contributed by atoms with Gasteiger partial charge in [-0.1, -0.05) is 31.2 Å². The van der Waals surface area contributed by atoms with Crippen molar-refractivity contribution in [1.82, 2.24) is 14.8 Å². The predicted molar refractivity (Wildman–Crippen MR) is 98.4 cm³/mol. The van der Waals surface area contributed by atoms with Gasteiger partial charge in [0.15, 0.2) is 21.3 Å². The molecule has 132 valence electrons. The smallest absolute Gasteiger partial charge is 0.280 e. The van der Waals surface area contributed by atoms with Gasteiger partial charge in [-0.2, -0.15) is 0 Å². The summed E-state index contributed by atoms with van der Waals surface area (Å²) in [5.74, 6) is 0.307. The lowest BCUT2D eigenvalue weighted by molar-refractivity contribution is 0.601. The highest BCUT2D eigenvalue weighted by Gasteiger charge is 2.17. The van der Waals surface area contributed by atoms with Crippen molar-refractivity contribution in [1.29, 1.82) is 0 Å². The molecule has 0 spiro atoms. The van der Waals surface area contributed by atoms with Gasteiger partial charge in [-0.15, -0.1) is 0 Å². The summed E-state index contributed by atoms with van der Waals surface area (Å²) in [7, 11) is -3.35. The number of nitrogens with one attached hydrogen (secondary N) is 1. The molecule has 2 aromatic heterocycles. The third kappa shape index (κ3) is 3.17. The van der Waals surface area contributed by atoms with Crippen LogP contribution in [-0.4, -0.2) is 29.4 Å². The molecule has 0 unspecified atom stereocenters. The Hall–Kier alpha value is -3.18. The monoisotopic (exact) mass is 368 g/mol. The fourth-order valence-electron chi connectivity index (χ4n) is 2.62. The SMILES string of the molecule is [C-]#[N+]c1ccc(-c2c(CC)[nH]n(-c3ccc(S(C)(=O)=O)cn3)c2=O)cc1. The summed E-state index contributed by atoms with van der Waals surface area (Å²) in [5, 5.41) is 3.03. The number of aryl methyl sites for hydroxylation is 1. The van der Waals surface area contributed by atoms with Crippen LogP contribution in [0.1, 0.15) is 12.6 Å². The minimum atomic E-state index is -3.35. The highest BCUT2D eigenvalue weighted by molar-refractivity contribution is 7.90. The molecular formula is C18H16N4O3S. The molecule has 0 saturated heterocycles. The number of hydrogen-bond acceptors (Lipinski definition) is 4. The molecule has 7 nitrogen and oxygen atoms in total. The Morgan fingerprint density at radius 2 is 1.88 bits per heavy atom. The number of rotatable bonds is 4. The van der Waals surface area contributed by atoms with E-state index in [4.69, 9.17) is 6.57 Å². The Morgan fingerprint density at radius 1 is 1.19 bits per heavy atom. The van der Waals surface area contributed by atoms with Crippen LogP contribution in [0.3, 0.4) is 0 Å². The van der Waals surface area contributed by atoms with Crippen molar-refractivity contribution in [3.8, 4) is 16.9 Å². The molecule has 1 N–H and O–H groups in total. The number of sulfone groups is 1. The summed E-state index contributed by atoms with van der Waals surface area (Å²) >= 11 is 0. The topological polar surface area (TPSA) is 89.2 Å². The first-order valence-corrected chi connectivity index (χ1v) is 9.72. The van der Waals surface area contributed by atoms with Crippen molar-refractivity contribution in [2.75, 3.05) is 6.26 Å². The van der Waals surface area contributed by atoms with Gasteiger partial charge < -0.3 is 0 Å². The molecule has 0 saturated carbocycles. The fraction of sp³-hybridized carbons (Fsp3) is 0.167. The van der Waals surface area contributed by atoms with Crippen LogP contribution in [0.2, 0.25) is 0 Å². The lowest BCUT2D eigenvalue weighted by atomic mass is 10.0. The van der Waals surface area contributed by atoms with Crippen LogP contribution >= 0.6 is 0 Å². The van der Waals surface area contributed by atoms with Gasteiger partial charge in [0.1, 0.15) is 0 Å². The zero-order valence-corrected chi connectivity index (χ0v) is 15.0. The molecule has 0 atom stereocenters. The largest absolute Gasteiger partial charge is 0.293 e. The summed E-state index contributed by atoms with van der Waals surface area (Å²) in [5.41, 5.74) is 2.18. The third-order valence-corrected chi connectivity index (χ3v) is 5.08.